The average molecular weight is 306 g/mol. The summed E-state index contributed by atoms with van der Waals surface area (Å²) in [5, 5.41) is 12.8. The van der Waals surface area contributed by atoms with E-state index in [1.807, 2.05) is 42.5 Å². The van der Waals surface area contributed by atoms with Crippen molar-refractivity contribution in [1.82, 2.24) is 5.32 Å². The Bertz CT molecular complexity index is 570. The molecule has 0 bridgehead atoms. The molecule has 3 nitrogen and oxygen atoms in total. The van der Waals surface area contributed by atoms with E-state index in [9.17, 15) is 0 Å². The molecule has 0 amide bonds. The van der Waals surface area contributed by atoms with Crippen LogP contribution in [0.25, 0.3) is 0 Å². The Morgan fingerprint density at radius 2 is 1.81 bits per heavy atom. The predicted molar refractivity (Wildman–Crippen MR) is 86.1 cm³/mol. The molecular weight excluding hydrogens is 286 g/mol. The first-order valence-electron chi connectivity index (χ1n) is 7.09. The van der Waals surface area contributed by atoms with Gasteiger partial charge in [0.2, 0.25) is 0 Å². The maximum absolute atomic E-state index is 8.89. The van der Waals surface area contributed by atoms with Crippen molar-refractivity contribution in [3.05, 3.63) is 58.6 Å². The number of hydrogen-bond acceptors (Lipinski definition) is 3. The Kier molecular flexibility index (Phi) is 6.05. The highest BCUT2D eigenvalue weighted by Crippen LogP contribution is 2.27. The highest BCUT2D eigenvalue weighted by Gasteiger charge is 2.04. The van der Waals surface area contributed by atoms with Gasteiger partial charge in [0.05, 0.1) is 0 Å². The molecule has 2 aromatic carbocycles. The van der Waals surface area contributed by atoms with Crippen molar-refractivity contribution in [3.63, 3.8) is 0 Å². The predicted octanol–water partition coefficient (Wildman–Crippen LogP) is 3.78. The van der Waals surface area contributed by atoms with Crippen LogP contribution in [0.4, 0.5) is 0 Å². The van der Waals surface area contributed by atoms with Crippen LogP contribution < -0.4 is 10.1 Å². The number of nitrogens with one attached hydrogen (secondary N) is 1. The number of halogens is 1. The highest BCUT2D eigenvalue weighted by atomic mass is 35.5. The molecule has 0 aliphatic carbocycles. The first kappa shape index (κ1) is 15.8. The zero-order chi connectivity index (χ0) is 15.1. The average Bonchev–Trinajstić information content (AvgIpc) is 2.49. The number of aliphatic hydroxyl groups excluding tert-OH is 1. The van der Waals surface area contributed by atoms with Crippen molar-refractivity contribution in [1.29, 1.82) is 0 Å². The lowest BCUT2D eigenvalue weighted by Crippen LogP contribution is -2.11. The van der Waals surface area contributed by atoms with Gasteiger partial charge in [0.15, 0.2) is 0 Å². The lowest BCUT2D eigenvalue weighted by Gasteiger charge is -2.10. The fourth-order valence-corrected chi connectivity index (χ4v) is 2.22. The molecule has 0 atom stereocenters. The standard InChI is InChI=1S/C17H20ClNO2/c1-2-19-12-14-5-8-16(11-17(14)18)21-15-6-3-13(4-7-15)9-10-20/h3-8,11,19-20H,2,9-10,12H2,1H3. The van der Waals surface area contributed by atoms with Gasteiger partial charge in [-0.2, -0.15) is 0 Å². The largest absolute Gasteiger partial charge is 0.457 e. The van der Waals surface area contributed by atoms with Gasteiger partial charge in [-0.05, 0) is 48.4 Å². The molecule has 2 rings (SSSR count). The first-order valence-corrected chi connectivity index (χ1v) is 7.47. The van der Waals surface area contributed by atoms with Crippen LogP contribution in [0.2, 0.25) is 5.02 Å². The van der Waals surface area contributed by atoms with E-state index in [4.69, 9.17) is 21.4 Å². The molecule has 0 saturated heterocycles. The Morgan fingerprint density at radius 1 is 1.10 bits per heavy atom. The van der Waals surface area contributed by atoms with E-state index in [2.05, 4.69) is 12.2 Å². The van der Waals surface area contributed by atoms with Crippen LogP contribution in [0.3, 0.4) is 0 Å². The van der Waals surface area contributed by atoms with Gasteiger partial charge in [-0.15, -0.1) is 0 Å². The van der Waals surface area contributed by atoms with E-state index in [0.717, 1.165) is 35.7 Å². The van der Waals surface area contributed by atoms with Crippen LogP contribution in [0.5, 0.6) is 11.5 Å². The lowest BCUT2D eigenvalue weighted by atomic mass is 10.1. The summed E-state index contributed by atoms with van der Waals surface area (Å²) in [6.07, 6.45) is 0.658. The Balaban J connectivity index is 2.03. The fourth-order valence-electron chi connectivity index (χ4n) is 1.98. The molecule has 2 aromatic rings. The molecule has 4 heteroatoms. The van der Waals surface area contributed by atoms with Gasteiger partial charge in [-0.3, -0.25) is 0 Å². The van der Waals surface area contributed by atoms with Crippen molar-refractivity contribution in [2.75, 3.05) is 13.2 Å². The van der Waals surface area contributed by atoms with Crippen LogP contribution in [0.1, 0.15) is 18.1 Å². The third-order valence-electron chi connectivity index (χ3n) is 3.15. The summed E-state index contributed by atoms with van der Waals surface area (Å²) in [4.78, 5) is 0. The third kappa shape index (κ3) is 4.74. The number of aliphatic hydroxyl groups is 1. The zero-order valence-electron chi connectivity index (χ0n) is 12.1. The lowest BCUT2D eigenvalue weighted by molar-refractivity contribution is 0.299. The van der Waals surface area contributed by atoms with Gasteiger partial charge in [0, 0.05) is 18.2 Å². The van der Waals surface area contributed by atoms with Crippen LogP contribution in [-0.2, 0) is 13.0 Å². The number of ether oxygens (including phenoxy) is 1. The summed E-state index contributed by atoms with van der Waals surface area (Å²) >= 11 is 6.25. The minimum absolute atomic E-state index is 0.156. The molecule has 0 radical (unpaired) electrons. The first-order chi connectivity index (χ1) is 10.2. The number of benzene rings is 2. The molecule has 0 aliphatic heterocycles. The van der Waals surface area contributed by atoms with Crippen LogP contribution in [0, 0.1) is 0 Å². The molecule has 112 valence electrons. The molecule has 0 aromatic heterocycles. The number of rotatable bonds is 7. The van der Waals surface area contributed by atoms with E-state index in [1.54, 1.807) is 0 Å². The molecule has 21 heavy (non-hydrogen) atoms. The van der Waals surface area contributed by atoms with Crippen LogP contribution in [-0.4, -0.2) is 18.3 Å². The number of hydrogen-bond donors (Lipinski definition) is 2. The Morgan fingerprint density at radius 3 is 2.43 bits per heavy atom. The normalized spacial score (nSPS) is 10.6. The van der Waals surface area contributed by atoms with Gasteiger partial charge >= 0.3 is 0 Å². The van der Waals surface area contributed by atoms with E-state index < -0.39 is 0 Å². The SMILES string of the molecule is CCNCc1ccc(Oc2ccc(CCO)cc2)cc1Cl. The van der Waals surface area contributed by atoms with E-state index in [1.165, 1.54) is 0 Å². The van der Waals surface area contributed by atoms with Crippen molar-refractivity contribution in [3.8, 4) is 11.5 Å². The monoisotopic (exact) mass is 305 g/mol. The second-order valence-electron chi connectivity index (χ2n) is 4.75. The third-order valence-corrected chi connectivity index (χ3v) is 3.50. The quantitative estimate of drug-likeness (QED) is 0.818. The van der Waals surface area contributed by atoms with Crippen molar-refractivity contribution in [2.24, 2.45) is 0 Å². The van der Waals surface area contributed by atoms with Crippen molar-refractivity contribution >= 4 is 11.6 Å². The second-order valence-corrected chi connectivity index (χ2v) is 5.16. The van der Waals surface area contributed by atoms with E-state index in [0.29, 0.717) is 11.4 Å². The highest BCUT2D eigenvalue weighted by molar-refractivity contribution is 6.31. The molecule has 0 unspecified atom stereocenters. The van der Waals surface area contributed by atoms with Gasteiger partial charge < -0.3 is 15.2 Å². The minimum atomic E-state index is 0.156. The van der Waals surface area contributed by atoms with Crippen LogP contribution in [0.15, 0.2) is 42.5 Å². The van der Waals surface area contributed by atoms with Gasteiger partial charge in [-0.1, -0.05) is 36.7 Å². The second kappa shape index (κ2) is 8.03. The topological polar surface area (TPSA) is 41.5 Å². The molecule has 0 saturated carbocycles. The smallest absolute Gasteiger partial charge is 0.128 e. The summed E-state index contributed by atoms with van der Waals surface area (Å²) in [5.41, 5.74) is 2.15. The molecule has 0 aliphatic rings. The molecule has 0 fully saturated rings. The summed E-state index contributed by atoms with van der Waals surface area (Å²) in [7, 11) is 0. The maximum Gasteiger partial charge on any atom is 0.128 e. The minimum Gasteiger partial charge on any atom is -0.457 e. The fraction of sp³-hybridized carbons (Fsp3) is 0.294. The maximum atomic E-state index is 8.89. The van der Waals surface area contributed by atoms with Crippen molar-refractivity contribution in [2.45, 2.75) is 19.9 Å². The Hall–Kier alpha value is -1.55. The van der Waals surface area contributed by atoms with Gasteiger partial charge in [-0.25, -0.2) is 0 Å². The summed E-state index contributed by atoms with van der Waals surface area (Å²) in [6.45, 7) is 3.88. The molecule has 0 spiro atoms. The summed E-state index contributed by atoms with van der Waals surface area (Å²) in [5.74, 6) is 1.47. The molecule has 2 N–H and O–H groups in total. The van der Waals surface area contributed by atoms with E-state index >= 15 is 0 Å². The summed E-state index contributed by atoms with van der Waals surface area (Å²) in [6, 6.07) is 13.4. The van der Waals surface area contributed by atoms with E-state index in [-0.39, 0.29) is 6.61 Å². The van der Waals surface area contributed by atoms with Gasteiger partial charge in [0.25, 0.3) is 0 Å². The summed E-state index contributed by atoms with van der Waals surface area (Å²) < 4.78 is 5.78. The Labute approximate surface area is 130 Å². The van der Waals surface area contributed by atoms with Crippen molar-refractivity contribution < 1.29 is 9.84 Å². The molecule has 0 heterocycles. The van der Waals surface area contributed by atoms with Crippen LogP contribution >= 0.6 is 11.6 Å². The molecular formula is C17H20ClNO2. The van der Waals surface area contributed by atoms with Gasteiger partial charge in [0.1, 0.15) is 11.5 Å². The zero-order valence-corrected chi connectivity index (χ0v) is 12.9.